The van der Waals surface area contributed by atoms with Gasteiger partial charge >= 0.3 is 0 Å². The summed E-state index contributed by atoms with van der Waals surface area (Å²) in [7, 11) is -3.62. The molecular weight excluding hydrogens is 310 g/mol. The summed E-state index contributed by atoms with van der Waals surface area (Å²) in [6, 6.07) is 4.45. The number of thiocarbonyl (C=S) groups is 1. The lowest BCUT2D eigenvalue weighted by Gasteiger charge is -2.13. The van der Waals surface area contributed by atoms with E-state index in [1.54, 1.807) is 13.0 Å². The predicted octanol–water partition coefficient (Wildman–Crippen LogP) is 0.186. The lowest BCUT2D eigenvalue weighted by Crippen LogP contribution is -2.38. The van der Waals surface area contributed by atoms with Gasteiger partial charge in [0.05, 0.1) is 4.90 Å². The van der Waals surface area contributed by atoms with E-state index in [4.69, 9.17) is 18.0 Å². The van der Waals surface area contributed by atoms with Gasteiger partial charge in [-0.15, -0.1) is 0 Å². The summed E-state index contributed by atoms with van der Waals surface area (Å²) in [5.41, 5.74) is 6.92. The van der Waals surface area contributed by atoms with Gasteiger partial charge in [0.15, 0.2) is 0 Å². The van der Waals surface area contributed by atoms with Crippen molar-refractivity contribution in [2.45, 2.75) is 30.7 Å². The molecule has 1 aliphatic heterocycles. The van der Waals surface area contributed by atoms with Gasteiger partial charge < -0.3 is 11.1 Å². The summed E-state index contributed by atoms with van der Waals surface area (Å²) in [4.78, 5) is 11.5. The highest BCUT2D eigenvalue weighted by molar-refractivity contribution is 7.89. The van der Waals surface area contributed by atoms with Crippen molar-refractivity contribution in [2.75, 3.05) is 6.54 Å². The molecule has 6 nitrogen and oxygen atoms in total. The quantitative estimate of drug-likeness (QED) is 0.670. The lowest BCUT2D eigenvalue weighted by atomic mass is 10.1. The average Bonchev–Trinajstić information content (AvgIpc) is 2.82. The molecule has 1 heterocycles. The lowest BCUT2D eigenvalue weighted by molar-refractivity contribution is -0.119. The highest BCUT2D eigenvalue weighted by Gasteiger charge is 2.23. The number of hydrogen-bond acceptors (Lipinski definition) is 4. The van der Waals surface area contributed by atoms with Crippen LogP contribution in [0, 0.1) is 6.92 Å². The van der Waals surface area contributed by atoms with Gasteiger partial charge in [0, 0.05) is 24.6 Å². The number of sulfonamides is 1. The van der Waals surface area contributed by atoms with E-state index in [2.05, 4.69) is 10.0 Å². The highest BCUT2D eigenvalue weighted by Crippen LogP contribution is 2.16. The molecule has 0 saturated carbocycles. The van der Waals surface area contributed by atoms with E-state index in [1.165, 1.54) is 12.1 Å². The largest absolute Gasteiger partial charge is 0.389 e. The summed E-state index contributed by atoms with van der Waals surface area (Å²) in [6.07, 6.45) is 1.08. The molecule has 0 aliphatic carbocycles. The molecule has 0 radical (unpaired) electrons. The molecule has 1 amide bonds. The molecule has 21 heavy (non-hydrogen) atoms. The molecule has 1 atom stereocenters. The molecule has 1 unspecified atom stereocenters. The third-order valence-electron chi connectivity index (χ3n) is 3.38. The maximum absolute atomic E-state index is 12.2. The first kappa shape index (κ1) is 15.9. The molecule has 1 saturated heterocycles. The van der Waals surface area contributed by atoms with Crippen LogP contribution in [0.4, 0.5) is 0 Å². The van der Waals surface area contributed by atoms with E-state index in [0.717, 1.165) is 0 Å². The Morgan fingerprint density at radius 2 is 2.24 bits per heavy atom. The Morgan fingerprint density at radius 1 is 1.52 bits per heavy atom. The Balaban J connectivity index is 2.10. The van der Waals surface area contributed by atoms with Crippen molar-refractivity contribution < 1.29 is 13.2 Å². The van der Waals surface area contributed by atoms with E-state index in [0.29, 0.717) is 24.0 Å². The molecule has 1 fully saturated rings. The molecule has 0 bridgehead atoms. The fraction of sp³-hybridized carbons (Fsp3) is 0.385. The van der Waals surface area contributed by atoms with Crippen molar-refractivity contribution >= 4 is 33.1 Å². The van der Waals surface area contributed by atoms with Gasteiger partial charge in [-0.1, -0.05) is 18.3 Å². The Morgan fingerprint density at radius 3 is 2.76 bits per heavy atom. The fourth-order valence-corrected chi connectivity index (χ4v) is 3.60. The van der Waals surface area contributed by atoms with Crippen molar-refractivity contribution in [3.8, 4) is 0 Å². The van der Waals surface area contributed by atoms with Crippen LogP contribution in [0.1, 0.15) is 24.0 Å². The number of carbonyl (C=O) groups is 1. The minimum absolute atomic E-state index is 0.0455. The Hall–Kier alpha value is -1.51. The van der Waals surface area contributed by atoms with Crippen LogP contribution in [-0.4, -0.2) is 31.9 Å². The van der Waals surface area contributed by atoms with Gasteiger partial charge in [-0.3, -0.25) is 4.79 Å². The summed E-state index contributed by atoms with van der Waals surface area (Å²) >= 11 is 4.89. The number of amides is 1. The predicted molar refractivity (Wildman–Crippen MR) is 83.4 cm³/mol. The fourth-order valence-electron chi connectivity index (χ4n) is 2.20. The van der Waals surface area contributed by atoms with Crippen molar-refractivity contribution in [1.82, 2.24) is 10.0 Å². The number of nitrogens with one attached hydrogen (secondary N) is 2. The molecule has 1 aromatic rings. The SMILES string of the molecule is Cc1cc(S(=O)(=O)NCC2CCC(=O)N2)ccc1C(N)=S. The van der Waals surface area contributed by atoms with E-state index in [-0.39, 0.29) is 28.4 Å². The number of rotatable bonds is 5. The van der Waals surface area contributed by atoms with Gasteiger partial charge in [0.25, 0.3) is 0 Å². The molecular formula is C13H17N3O3S2. The van der Waals surface area contributed by atoms with E-state index in [9.17, 15) is 13.2 Å². The minimum Gasteiger partial charge on any atom is -0.389 e. The summed E-state index contributed by atoms with van der Waals surface area (Å²) in [5.74, 6) is -0.0455. The van der Waals surface area contributed by atoms with Crippen LogP contribution in [0.5, 0.6) is 0 Å². The monoisotopic (exact) mass is 327 g/mol. The zero-order valence-electron chi connectivity index (χ0n) is 11.5. The third kappa shape index (κ3) is 3.78. The van der Waals surface area contributed by atoms with Crippen LogP contribution < -0.4 is 15.8 Å². The first-order valence-electron chi connectivity index (χ1n) is 6.49. The van der Waals surface area contributed by atoms with Crippen LogP contribution in [-0.2, 0) is 14.8 Å². The molecule has 0 spiro atoms. The molecule has 114 valence electrons. The number of carbonyl (C=O) groups excluding carboxylic acids is 1. The van der Waals surface area contributed by atoms with Gasteiger partial charge in [-0.05, 0) is 31.0 Å². The van der Waals surface area contributed by atoms with Crippen LogP contribution in [0.25, 0.3) is 0 Å². The maximum atomic E-state index is 12.2. The molecule has 1 aromatic carbocycles. The maximum Gasteiger partial charge on any atom is 0.240 e. The average molecular weight is 327 g/mol. The van der Waals surface area contributed by atoms with Crippen LogP contribution >= 0.6 is 12.2 Å². The van der Waals surface area contributed by atoms with Crippen LogP contribution in [0.2, 0.25) is 0 Å². The second-order valence-corrected chi connectivity index (χ2v) is 7.20. The summed E-state index contributed by atoms with van der Waals surface area (Å²) < 4.78 is 26.9. The van der Waals surface area contributed by atoms with Crippen molar-refractivity contribution in [1.29, 1.82) is 0 Å². The zero-order valence-corrected chi connectivity index (χ0v) is 13.2. The normalized spacial score (nSPS) is 18.5. The number of hydrogen-bond donors (Lipinski definition) is 3. The number of benzene rings is 1. The molecule has 2 rings (SSSR count). The van der Waals surface area contributed by atoms with Crippen molar-refractivity contribution in [3.05, 3.63) is 29.3 Å². The third-order valence-corrected chi connectivity index (χ3v) is 5.02. The zero-order chi connectivity index (χ0) is 15.6. The highest BCUT2D eigenvalue weighted by atomic mass is 32.2. The topological polar surface area (TPSA) is 101 Å². The smallest absolute Gasteiger partial charge is 0.240 e. The number of aryl methyl sites for hydroxylation is 1. The van der Waals surface area contributed by atoms with E-state index in [1.807, 2.05) is 0 Å². The van der Waals surface area contributed by atoms with Crippen molar-refractivity contribution in [2.24, 2.45) is 5.73 Å². The van der Waals surface area contributed by atoms with Crippen LogP contribution in [0.3, 0.4) is 0 Å². The Labute approximate surface area is 129 Å². The van der Waals surface area contributed by atoms with Gasteiger partial charge in [-0.25, -0.2) is 13.1 Å². The summed E-state index contributed by atoms with van der Waals surface area (Å²) in [6.45, 7) is 1.94. The van der Waals surface area contributed by atoms with Gasteiger partial charge in [-0.2, -0.15) is 0 Å². The molecule has 4 N–H and O–H groups in total. The number of nitrogens with two attached hydrogens (primary N) is 1. The van der Waals surface area contributed by atoms with Gasteiger partial charge in [0.2, 0.25) is 15.9 Å². The minimum atomic E-state index is -3.62. The second-order valence-electron chi connectivity index (χ2n) is 5.00. The second kappa shape index (κ2) is 6.08. The first-order valence-corrected chi connectivity index (χ1v) is 8.38. The molecule has 8 heteroatoms. The van der Waals surface area contributed by atoms with Gasteiger partial charge in [0.1, 0.15) is 4.99 Å². The Kier molecular flexibility index (Phi) is 4.60. The van der Waals surface area contributed by atoms with E-state index >= 15 is 0 Å². The first-order chi connectivity index (χ1) is 9.79. The summed E-state index contributed by atoms with van der Waals surface area (Å²) in [5, 5.41) is 2.71. The standard InChI is InChI=1S/C13H17N3O3S2/c1-8-6-10(3-4-11(8)13(14)20)21(18,19)15-7-9-2-5-12(17)16-9/h3-4,6,9,15H,2,5,7H2,1H3,(H2,14,20)(H,16,17). The molecule has 0 aromatic heterocycles. The van der Waals surface area contributed by atoms with Crippen LogP contribution in [0.15, 0.2) is 23.1 Å². The molecule has 1 aliphatic rings. The Bertz CT molecular complexity index is 686. The van der Waals surface area contributed by atoms with Crippen molar-refractivity contribution in [3.63, 3.8) is 0 Å². The van der Waals surface area contributed by atoms with E-state index < -0.39 is 10.0 Å².